The number of likely N-dealkylation sites (tertiary alicyclic amines) is 1. The fourth-order valence-corrected chi connectivity index (χ4v) is 4.72. The highest BCUT2D eigenvalue weighted by atomic mass is 32.1. The maximum atomic E-state index is 13.5. The SMILES string of the molecule is C=C(OCC)c1csc([C@@H]2CC[C@@H](C)N(C(=O)c3ccccc3-n3nccn3)C2)n1. The summed E-state index contributed by atoms with van der Waals surface area (Å²) in [6.07, 6.45) is 5.15. The summed E-state index contributed by atoms with van der Waals surface area (Å²) in [6, 6.07) is 7.63. The van der Waals surface area contributed by atoms with Gasteiger partial charge in [-0.15, -0.1) is 11.3 Å². The van der Waals surface area contributed by atoms with Crippen molar-refractivity contribution in [3.63, 3.8) is 0 Å². The molecule has 0 aliphatic carbocycles. The van der Waals surface area contributed by atoms with Gasteiger partial charge in [0.1, 0.15) is 11.5 Å². The van der Waals surface area contributed by atoms with Gasteiger partial charge in [0.25, 0.3) is 5.91 Å². The molecule has 4 rings (SSSR count). The second-order valence-electron chi connectivity index (χ2n) is 7.34. The van der Waals surface area contributed by atoms with Crippen molar-refractivity contribution >= 4 is 23.0 Å². The molecule has 0 radical (unpaired) electrons. The van der Waals surface area contributed by atoms with Crippen molar-refractivity contribution in [2.45, 2.75) is 38.6 Å². The van der Waals surface area contributed by atoms with Gasteiger partial charge in [-0.2, -0.15) is 15.0 Å². The Morgan fingerprint density at radius 1 is 1.27 bits per heavy atom. The summed E-state index contributed by atoms with van der Waals surface area (Å²) in [7, 11) is 0. The summed E-state index contributed by atoms with van der Waals surface area (Å²) >= 11 is 1.61. The number of rotatable bonds is 6. The number of hydrogen-bond acceptors (Lipinski definition) is 6. The first kappa shape index (κ1) is 20.3. The molecule has 3 aromatic rings. The van der Waals surface area contributed by atoms with Crippen LogP contribution >= 0.6 is 11.3 Å². The van der Waals surface area contributed by atoms with E-state index in [1.54, 1.807) is 23.7 Å². The van der Waals surface area contributed by atoms with Gasteiger partial charge in [-0.3, -0.25) is 4.79 Å². The number of carbonyl (C=O) groups excluding carboxylic acids is 1. The number of aromatic nitrogens is 4. The highest BCUT2D eigenvalue weighted by Gasteiger charge is 2.33. The Kier molecular flexibility index (Phi) is 5.94. The van der Waals surface area contributed by atoms with E-state index in [4.69, 9.17) is 9.72 Å². The van der Waals surface area contributed by atoms with Gasteiger partial charge < -0.3 is 9.64 Å². The van der Waals surface area contributed by atoms with Crippen molar-refractivity contribution < 1.29 is 9.53 Å². The molecule has 0 bridgehead atoms. The number of benzene rings is 1. The first-order valence-corrected chi connectivity index (χ1v) is 11.0. The standard InChI is InChI=1S/C22H25N5O2S/c1-4-29-16(3)19-14-30-21(25-19)17-10-9-15(2)26(13-17)22(28)18-7-5-6-8-20(18)27-23-11-12-24-27/h5-8,11-12,14-15,17H,3-4,9-10,13H2,1-2H3/t15-,17-/m1/s1. The van der Waals surface area contributed by atoms with Crippen molar-refractivity contribution in [2.75, 3.05) is 13.2 Å². The molecule has 2 aromatic heterocycles. The summed E-state index contributed by atoms with van der Waals surface area (Å²) in [5.41, 5.74) is 2.07. The molecule has 156 valence electrons. The molecule has 1 amide bonds. The van der Waals surface area contributed by atoms with E-state index in [9.17, 15) is 4.79 Å². The van der Waals surface area contributed by atoms with E-state index in [2.05, 4.69) is 23.7 Å². The van der Waals surface area contributed by atoms with Gasteiger partial charge in [0, 0.05) is 23.9 Å². The minimum Gasteiger partial charge on any atom is -0.492 e. The van der Waals surface area contributed by atoms with Crippen LogP contribution in [0.3, 0.4) is 0 Å². The molecule has 1 fully saturated rings. The molecule has 0 N–H and O–H groups in total. The number of para-hydroxylation sites is 1. The number of carbonyl (C=O) groups is 1. The van der Waals surface area contributed by atoms with Crippen molar-refractivity contribution in [1.82, 2.24) is 24.9 Å². The lowest BCUT2D eigenvalue weighted by atomic mass is 9.93. The van der Waals surface area contributed by atoms with Crippen LogP contribution in [0.25, 0.3) is 11.4 Å². The molecule has 1 aromatic carbocycles. The average Bonchev–Trinajstić information content (AvgIpc) is 3.46. The molecule has 0 unspecified atom stereocenters. The fourth-order valence-electron chi connectivity index (χ4n) is 3.77. The Bertz CT molecular complexity index is 1030. The third-order valence-corrected chi connectivity index (χ3v) is 6.39. The largest absolute Gasteiger partial charge is 0.492 e. The normalized spacial score (nSPS) is 18.9. The summed E-state index contributed by atoms with van der Waals surface area (Å²) in [5, 5.41) is 11.4. The Morgan fingerprint density at radius 2 is 2.03 bits per heavy atom. The molecule has 0 spiro atoms. The Hall–Kier alpha value is -3.00. The third kappa shape index (κ3) is 4.00. The molecular formula is C22H25N5O2S. The number of thiazole rings is 1. The fraction of sp³-hybridized carbons (Fsp3) is 0.364. The Morgan fingerprint density at radius 3 is 2.80 bits per heavy atom. The third-order valence-electron chi connectivity index (χ3n) is 5.39. The summed E-state index contributed by atoms with van der Waals surface area (Å²) in [4.78, 5) is 21.7. The number of ether oxygens (including phenoxy) is 1. The minimum atomic E-state index is -0.00407. The first-order chi connectivity index (χ1) is 14.6. The van der Waals surface area contributed by atoms with Gasteiger partial charge in [-0.1, -0.05) is 18.7 Å². The van der Waals surface area contributed by atoms with Crippen molar-refractivity contribution in [1.29, 1.82) is 0 Å². The number of nitrogens with zero attached hydrogens (tertiary/aromatic N) is 5. The minimum absolute atomic E-state index is 0.00407. The van der Waals surface area contributed by atoms with Gasteiger partial charge in [0.2, 0.25) is 0 Å². The van der Waals surface area contributed by atoms with E-state index in [1.807, 2.05) is 41.5 Å². The molecule has 8 heteroatoms. The summed E-state index contributed by atoms with van der Waals surface area (Å²) in [6.45, 7) is 9.18. The average molecular weight is 424 g/mol. The molecule has 3 heterocycles. The van der Waals surface area contributed by atoms with Crippen molar-refractivity contribution in [2.24, 2.45) is 0 Å². The monoisotopic (exact) mass is 423 g/mol. The lowest BCUT2D eigenvalue weighted by molar-refractivity contribution is 0.0609. The van der Waals surface area contributed by atoms with E-state index in [0.717, 1.165) is 23.5 Å². The van der Waals surface area contributed by atoms with Crippen molar-refractivity contribution in [3.05, 3.63) is 64.9 Å². The van der Waals surface area contributed by atoms with E-state index in [0.29, 0.717) is 30.2 Å². The van der Waals surface area contributed by atoms with Crippen LogP contribution in [0.2, 0.25) is 0 Å². The topological polar surface area (TPSA) is 73.1 Å². The number of amides is 1. The zero-order chi connectivity index (χ0) is 21.1. The number of hydrogen-bond donors (Lipinski definition) is 0. The van der Waals surface area contributed by atoms with E-state index in [-0.39, 0.29) is 17.9 Å². The van der Waals surface area contributed by atoms with Crippen LogP contribution in [0, 0.1) is 0 Å². The summed E-state index contributed by atoms with van der Waals surface area (Å²) < 4.78 is 5.48. The van der Waals surface area contributed by atoms with Crippen LogP contribution in [0.5, 0.6) is 0 Å². The maximum absolute atomic E-state index is 13.5. The predicted molar refractivity (Wildman–Crippen MR) is 117 cm³/mol. The molecule has 1 aliphatic heterocycles. The summed E-state index contributed by atoms with van der Waals surface area (Å²) in [5.74, 6) is 0.793. The second kappa shape index (κ2) is 8.79. The molecule has 2 atom stereocenters. The van der Waals surface area contributed by atoms with Gasteiger partial charge in [-0.05, 0) is 38.8 Å². The second-order valence-corrected chi connectivity index (χ2v) is 8.23. The lowest BCUT2D eigenvalue weighted by Gasteiger charge is -2.37. The van der Waals surface area contributed by atoms with Crippen LogP contribution in [-0.4, -0.2) is 50.0 Å². The molecule has 0 saturated carbocycles. The van der Waals surface area contributed by atoms with Crippen LogP contribution in [0.15, 0.2) is 48.6 Å². The zero-order valence-electron chi connectivity index (χ0n) is 17.2. The van der Waals surface area contributed by atoms with E-state index < -0.39 is 0 Å². The Labute approximate surface area is 180 Å². The van der Waals surface area contributed by atoms with Gasteiger partial charge >= 0.3 is 0 Å². The van der Waals surface area contributed by atoms with E-state index in [1.165, 1.54) is 4.80 Å². The maximum Gasteiger partial charge on any atom is 0.256 e. The smallest absolute Gasteiger partial charge is 0.256 e. The first-order valence-electron chi connectivity index (χ1n) is 10.1. The molecule has 1 saturated heterocycles. The van der Waals surface area contributed by atoms with Gasteiger partial charge in [0.05, 0.1) is 35.3 Å². The lowest BCUT2D eigenvalue weighted by Crippen LogP contribution is -2.45. The molecule has 7 nitrogen and oxygen atoms in total. The zero-order valence-corrected chi connectivity index (χ0v) is 18.0. The highest BCUT2D eigenvalue weighted by Crippen LogP contribution is 2.34. The Balaban J connectivity index is 1.56. The molecular weight excluding hydrogens is 398 g/mol. The quantitative estimate of drug-likeness (QED) is 0.557. The predicted octanol–water partition coefficient (Wildman–Crippen LogP) is 4.14. The van der Waals surface area contributed by atoms with Crippen LogP contribution < -0.4 is 0 Å². The van der Waals surface area contributed by atoms with E-state index >= 15 is 0 Å². The van der Waals surface area contributed by atoms with Gasteiger partial charge in [0.15, 0.2) is 0 Å². The number of piperidine rings is 1. The van der Waals surface area contributed by atoms with Gasteiger partial charge in [-0.25, -0.2) is 4.98 Å². The van der Waals surface area contributed by atoms with Crippen LogP contribution in [0.1, 0.15) is 53.7 Å². The van der Waals surface area contributed by atoms with Crippen LogP contribution in [0.4, 0.5) is 0 Å². The van der Waals surface area contributed by atoms with Crippen molar-refractivity contribution in [3.8, 4) is 5.69 Å². The molecule has 30 heavy (non-hydrogen) atoms. The van der Waals surface area contributed by atoms with Crippen LogP contribution in [-0.2, 0) is 4.74 Å². The molecule has 1 aliphatic rings. The highest BCUT2D eigenvalue weighted by molar-refractivity contribution is 7.09.